The quantitative estimate of drug-likeness (QED) is 0.717. The van der Waals surface area contributed by atoms with E-state index < -0.39 is 8.07 Å². The second kappa shape index (κ2) is 4.42. The van der Waals surface area contributed by atoms with Crippen LogP contribution in [0.1, 0.15) is 20.8 Å². The van der Waals surface area contributed by atoms with Crippen LogP contribution in [0.5, 0.6) is 0 Å². The number of halogens is 2. The maximum Gasteiger partial charge on any atom is 0.142 e. The van der Waals surface area contributed by atoms with E-state index in [-0.39, 0.29) is 5.04 Å². The summed E-state index contributed by atoms with van der Waals surface area (Å²) in [6, 6.07) is 0. The van der Waals surface area contributed by atoms with Crippen LogP contribution in [0.4, 0.5) is 0 Å². The van der Waals surface area contributed by atoms with Gasteiger partial charge >= 0.3 is 0 Å². The van der Waals surface area contributed by atoms with Crippen LogP contribution < -0.4 is 5.32 Å². The van der Waals surface area contributed by atoms with E-state index >= 15 is 0 Å². The summed E-state index contributed by atoms with van der Waals surface area (Å²) in [5.74, 6) is 0. The van der Waals surface area contributed by atoms with Crippen LogP contribution in [0.2, 0.25) is 18.1 Å². The zero-order valence-electron chi connectivity index (χ0n) is 10.4. The standard InChI is InChI=1S/C11H18Br2N2Si/c1-7-15-10(8(12)9(13)14-15)16(5,6)11(2,3)4/h7H,1H2,2-6H3. The van der Waals surface area contributed by atoms with Crippen molar-refractivity contribution < 1.29 is 0 Å². The minimum atomic E-state index is -1.62. The first-order valence-corrected chi connectivity index (χ1v) is 9.78. The number of hydrogen-bond donors (Lipinski definition) is 0. The van der Waals surface area contributed by atoms with Crippen molar-refractivity contribution in [1.29, 1.82) is 0 Å². The van der Waals surface area contributed by atoms with E-state index in [4.69, 9.17) is 0 Å². The van der Waals surface area contributed by atoms with Crippen LogP contribution >= 0.6 is 31.9 Å². The van der Waals surface area contributed by atoms with Crippen LogP contribution in [0.3, 0.4) is 0 Å². The minimum Gasteiger partial charge on any atom is -0.248 e. The van der Waals surface area contributed by atoms with Gasteiger partial charge in [-0.15, -0.1) is 0 Å². The van der Waals surface area contributed by atoms with Crippen molar-refractivity contribution in [3.63, 3.8) is 0 Å². The molecule has 0 fully saturated rings. The van der Waals surface area contributed by atoms with Gasteiger partial charge in [0.1, 0.15) is 12.7 Å². The first-order valence-electron chi connectivity index (χ1n) is 5.19. The van der Waals surface area contributed by atoms with Crippen molar-refractivity contribution in [3.05, 3.63) is 15.7 Å². The van der Waals surface area contributed by atoms with Crippen LogP contribution in [-0.4, -0.2) is 17.9 Å². The predicted molar refractivity (Wildman–Crippen MR) is 80.8 cm³/mol. The molecule has 0 N–H and O–H groups in total. The molecule has 5 heteroatoms. The number of aromatic nitrogens is 2. The van der Waals surface area contributed by atoms with Crippen LogP contribution in [0, 0.1) is 0 Å². The summed E-state index contributed by atoms with van der Waals surface area (Å²) in [6.07, 6.45) is 1.77. The lowest BCUT2D eigenvalue weighted by atomic mass is 10.2. The molecule has 0 bridgehead atoms. The smallest absolute Gasteiger partial charge is 0.142 e. The Morgan fingerprint density at radius 1 is 1.31 bits per heavy atom. The highest BCUT2D eigenvalue weighted by Gasteiger charge is 2.41. The third-order valence-corrected chi connectivity index (χ3v) is 11.1. The van der Waals surface area contributed by atoms with Gasteiger partial charge in [0, 0.05) is 11.5 Å². The Labute approximate surface area is 115 Å². The molecule has 0 aromatic carbocycles. The second-order valence-corrected chi connectivity index (χ2v) is 12.2. The van der Waals surface area contributed by atoms with Crippen LogP contribution in [0.25, 0.3) is 6.20 Å². The van der Waals surface area contributed by atoms with Gasteiger partial charge in [-0.05, 0) is 36.9 Å². The van der Waals surface area contributed by atoms with Crippen molar-refractivity contribution >= 4 is 51.5 Å². The molecule has 90 valence electrons. The normalized spacial score (nSPS) is 12.9. The second-order valence-electron chi connectivity index (χ2n) is 5.46. The maximum absolute atomic E-state index is 4.41. The van der Waals surface area contributed by atoms with Gasteiger partial charge in [0.25, 0.3) is 0 Å². The van der Waals surface area contributed by atoms with Crippen LogP contribution in [0.15, 0.2) is 15.7 Å². The molecule has 0 atom stereocenters. The molecule has 1 rings (SSSR count). The highest BCUT2D eigenvalue weighted by Crippen LogP contribution is 2.38. The summed E-state index contributed by atoms with van der Waals surface area (Å²) in [4.78, 5) is 0. The molecule has 0 amide bonds. The van der Waals surface area contributed by atoms with Gasteiger partial charge in [-0.1, -0.05) is 40.4 Å². The Morgan fingerprint density at radius 3 is 2.19 bits per heavy atom. The Kier molecular flexibility index (Phi) is 3.92. The highest BCUT2D eigenvalue weighted by atomic mass is 79.9. The first-order chi connectivity index (χ1) is 7.13. The molecule has 2 nitrogen and oxygen atoms in total. The molecular formula is C11H18Br2N2Si. The SMILES string of the molecule is C=Cn1nc(Br)c(Br)c1[Si](C)(C)C(C)(C)C. The molecule has 0 saturated heterocycles. The zero-order chi connectivity index (χ0) is 12.7. The molecule has 0 spiro atoms. The Morgan fingerprint density at radius 2 is 1.81 bits per heavy atom. The average Bonchev–Trinajstić information content (AvgIpc) is 2.41. The third kappa shape index (κ3) is 2.22. The van der Waals surface area contributed by atoms with Crippen LogP contribution in [-0.2, 0) is 0 Å². The molecular weight excluding hydrogens is 348 g/mol. The lowest BCUT2D eigenvalue weighted by molar-refractivity contribution is 0.725. The molecule has 0 aliphatic heterocycles. The van der Waals surface area contributed by atoms with Gasteiger partial charge in [0.2, 0.25) is 0 Å². The molecule has 0 aliphatic rings. The topological polar surface area (TPSA) is 17.8 Å². The molecule has 1 heterocycles. The van der Waals surface area contributed by atoms with Gasteiger partial charge in [-0.25, -0.2) is 4.68 Å². The maximum atomic E-state index is 4.41. The summed E-state index contributed by atoms with van der Waals surface area (Å²) in [6.45, 7) is 15.4. The first kappa shape index (κ1) is 14.2. The van der Waals surface area contributed by atoms with Gasteiger partial charge in [-0.3, -0.25) is 0 Å². The van der Waals surface area contributed by atoms with E-state index in [2.05, 4.69) is 77.4 Å². The monoisotopic (exact) mass is 364 g/mol. The molecule has 0 aliphatic carbocycles. The summed E-state index contributed by atoms with van der Waals surface area (Å²) >= 11 is 7.09. The Balaban J connectivity index is 3.49. The van der Waals surface area contributed by atoms with Crippen molar-refractivity contribution in [2.75, 3.05) is 0 Å². The van der Waals surface area contributed by atoms with E-state index in [1.807, 2.05) is 4.68 Å². The average molecular weight is 366 g/mol. The number of nitrogens with zero attached hydrogens (tertiary/aromatic N) is 2. The molecule has 0 saturated carbocycles. The molecule has 1 aromatic rings. The summed E-state index contributed by atoms with van der Waals surface area (Å²) < 4.78 is 3.82. The zero-order valence-corrected chi connectivity index (χ0v) is 14.6. The van der Waals surface area contributed by atoms with E-state index in [1.165, 1.54) is 5.32 Å². The van der Waals surface area contributed by atoms with E-state index in [1.54, 1.807) is 6.20 Å². The van der Waals surface area contributed by atoms with Gasteiger partial charge in [0.05, 0.1) is 4.47 Å². The molecule has 0 unspecified atom stereocenters. The van der Waals surface area contributed by atoms with Gasteiger partial charge < -0.3 is 0 Å². The fraction of sp³-hybridized carbons (Fsp3) is 0.545. The highest BCUT2D eigenvalue weighted by molar-refractivity contribution is 9.13. The summed E-state index contributed by atoms with van der Waals surface area (Å²) in [5.41, 5.74) is 0. The molecule has 1 aromatic heterocycles. The van der Waals surface area contributed by atoms with Crippen molar-refractivity contribution in [1.82, 2.24) is 9.78 Å². The number of hydrogen-bond acceptors (Lipinski definition) is 1. The van der Waals surface area contributed by atoms with E-state index in [9.17, 15) is 0 Å². The Bertz CT molecular complexity index is 416. The largest absolute Gasteiger partial charge is 0.248 e. The van der Waals surface area contributed by atoms with Crippen molar-refractivity contribution in [3.8, 4) is 0 Å². The summed E-state index contributed by atoms with van der Waals surface area (Å²) in [5, 5.41) is 5.96. The fourth-order valence-corrected chi connectivity index (χ4v) is 5.82. The van der Waals surface area contributed by atoms with Crippen molar-refractivity contribution in [2.45, 2.75) is 38.9 Å². The lowest BCUT2D eigenvalue weighted by Crippen LogP contribution is -2.52. The lowest BCUT2D eigenvalue weighted by Gasteiger charge is -2.37. The predicted octanol–water partition coefficient (Wildman–Crippen LogP) is 4.22. The van der Waals surface area contributed by atoms with Crippen molar-refractivity contribution in [2.24, 2.45) is 0 Å². The summed E-state index contributed by atoms with van der Waals surface area (Å²) in [7, 11) is -1.62. The van der Waals surface area contributed by atoms with Gasteiger partial charge in [-0.2, -0.15) is 5.10 Å². The van der Waals surface area contributed by atoms with Gasteiger partial charge in [0.15, 0.2) is 0 Å². The molecule has 0 radical (unpaired) electrons. The Hall–Kier alpha value is 0.127. The molecule has 16 heavy (non-hydrogen) atoms. The third-order valence-electron chi connectivity index (χ3n) is 3.45. The fourth-order valence-electron chi connectivity index (χ4n) is 1.43. The van der Waals surface area contributed by atoms with E-state index in [0.29, 0.717) is 0 Å². The van der Waals surface area contributed by atoms with E-state index in [0.717, 1.165) is 9.08 Å². The number of rotatable bonds is 2. The minimum absolute atomic E-state index is 0.274.